The fourth-order valence-corrected chi connectivity index (χ4v) is 3.72. The van der Waals surface area contributed by atoms with Crippen LogP contribution in [0.2, 0.25) is 0 Å². The van der Waals surface area contributed by atoms with E-state index in [2.05, 4.69) is 84.9 Å². The Labute approximate surface area is 193 Å². The SMILES string of the molecule is [O-][Cl+](O)(O)O.c1ccc(-c2[o+]c(-c3ccccc3)c3ccccc3c2-c2ccccc2)cc1. The van der Waals surface area contributed by atoms with Crippen molar-refractivity contribution in [2.75, 3.05) is 0 Å². The molecule has 3 N–H and O–H groups in total. The van der Waals surface area contributed by atoms with Crippen LogP contribution in [0.15, 0.2) is 120 Å². The van der Waals surface area contributed by atoms with E-state index in [1.807, 2.05) is 30.3 Å². The normalized spacial score (nSPS) is 11.5. The van der Waals surface area contributed by atoms with Crippen LogP contribution in [0.25, 0.3) is 44.5 Å². The number of halogens is 1. The summed E-state index contributed by atoms with van der Waals surface area (Å²) in [6.07, 6.45) is 0. The van der Waals surface area contributed by atoms with Crippen molar-refractivity contribution in [3.63, 3.8) is 0 Å². The van der Waals surface area contributed by atoms with Crippen molar-refractivity contribution >= 4 is 10.8 Å². The van der Waals surface area contributed by atoms with Crippen LogP contribution in [-0.4, -0.2) is 14.0 Å². The van der Waals surface area contributed by atoms with Crippen LogP contribution in [0.1, 0.15) is 0 Å². The molecule has 0 atom stereocenters. The molecule has 0 aliphatic carbocycles. The Morgan fingerprint density at radius 2 is 0.848 bits per heavy atom. The molecule has 5 nitrogen and oxygen atoms in total. The summed E-state index contributed by atoms with van der Waals surface area (Å²) in [6.45, 7) is 0. The minimum atomic E-state index is -4.19. The van der Waals surface area contributed by atoms with Crippen molar-refractivity contribution in [2.45, 2.75) is 0 Å². The molecule has 0 amide bonds. The summed E-state index contributed by atoms with van der Waals surface area (Å²) in [5.41, 5.74) is 4.43. The van der Waals surface area contributed by atoms with Crippen LogP contribution in [0.5, 0.6) is 0 Å². The third-order valence-corrected chi connectivity index (χ3v) is 5.01. The molecule has 0 fully saturated rings. The molecule has 4 aromatic carbocycles. The molecule has 0 radical (unpaired) electrons. The second-order valence-corrected chi connectivity index (χ2v) is 8.08. The minimum Gasteiger partial charge on any atom is -0.205 e. The molecule has 33 heavy (non-hydrogen) atoms. The Morgan fingerprint density at radius 1 is 0.485 bits per heavy atom. The minimum absolute atomic E-state index is 0.893. The van der Waals surface area contributed by atoms with E-state index >= 15 is 0 Å². The first-order valence-corrected chi connectivity index (χ1v) is 11.5. The van der Waals surface area contributed by atoms with Gasteiger partial charge in [-0.2, -0.15) is 0 Å². The quantitative estimate of drug-likeness (QED) is 0.334. The van der Waals surface area contributed by atoms with Gasteiger partial charge in [0.1, 0.15) is 0 Å². The van der Waals surface area contributed by atoms with Gasteiger partial charge >= 0.3 is 40.4 Å². The second-order valence-electron chi connectivity index (χ2n) is 7.21. The molecule has 6 heteroatoms. The molecule has 0 unspecified atom stereocenters. The van der Waals surface area contributed by atoms with Gasteiger partial charge in [-0.05, 0) is 35.9 Å². The van der Waals surface area contributed by atoms with Gasteiger partial charge in [-0.25, -0.2) is 4.42 Å². The Balaban J connectivity index is 0.000000471. The Morgan fingerprint density at radius 3 is 1.33 bits per heavy atom. The zero-order chi connectivity index (χ0) is 23.3. The zero-order valence-electron chi connectivity index (χ0n) is 17.5. The van der Waals surface area contributed by atoms with Crippen molar-refractivity contribution in [2.24, 2.45) is 0 Å². The van der Waals surface area contributed by atoms with Crippen LogP contribution in [0.3, 0.4) is 0 Å². The van der Waals surface area contributed by atoms with Gasteiger partial charge in [0.05, 0.1) is 22.1 Å². The molecule has 1 heterocycles. The summed E-state index contributed by atoms with van der Waals surface area (Å²) in [5, 5.41) is 2.31. The summed E-state index contributed by atoms with van der Waals surface area (Å²) < 4.78 is 36.9. The van der Waals surface area contributed by atoms with E-state index in [1.165, 1.54) is 5.39 Å². The summed E-state index contributed by atoms with van der Waals surface area (Å²) in [6, 6.07) is 39.7. The van der Waals surface area contributed by atoms with Gasteiger partial charge in [-0.3, -0.25) is 0 Å². The topological polar surface area (TPSA) is 95.0 Å². The summed E-state index contributed by atoms with van der Waals surface area (Å²) in [7, 11) is -4.19. The molecule has 5 aromatic rings. The third kappa shape index (κ3) is 5.62. The van der Waals surface area contributed by atoms with Gasteiger partial charge < -0.3 is 0 Å². The van der Waals surface area contributed by atoms with Crippen molar-refractivity contribution < 1.29 is 33.3 Å². The summed E-state index contributed by atoms with van der Waals surface area (Å²) in [5.74, 6) is 1.79. The predicted octanol–water partition coefficient (Wildman–Crippen LogP) is 4.85. The number of benzene rings is 4. The average molecular weight is 462 g/mol. The molecule has 0 saturated heterocycles. The summed E-state index contributed by atoms with van der Waals surface area (Å²) in [4.78, 5) is 0. The van der Waals surface area contributed by atoms with E-state index in [9.17, 15) is 0 Å². The maximum atomic E-state index is 8.83. The van der Waals surface area contributed by atoms with E-state index in [4.69, 9.17) is 23.1 Å². The standard InChI is InChI=1S/C27H19O.ClH3O4/c1-4-12-20(13-5-1)25-23-18-10-11-19-24(23)26(21-14-6-2-7-15-21)28-27(25)22-16-8-3-9-17-22;2-1(3,4)5/h1-19H;2-4H/q+1;. The van der Waals surface area contributed by atoms with Gasteiger partial charge in [0.25, 0.3) is 0 Å². The van der Waals surface area contributed by atoms with Gasteiger partial charge in [0.15, 0.2) is 0 Å². The molecular formula is C27H22ClO5+. The van der Waals surface area contributed by atoms with E-state index in [0.29, 0.717) is 0 Å². The fourth-order valence-electron chi connectivity index (χ4n) is 3.72. The van der Waals surface area contributed by atoms with Crippen LogP contribution in [-0.2, 0) is 0 Å². The van der Waals surface area contributed by atoms with Gasteiger partial charge in [-0.15, -0.1) is 0 Å². The average Bonchev–Trinajstić information content (AvgIpc) is 2.83. The maximum Gasteiger partial charge on any atom is 0.369 e. The van der Waals surface area contributed by atoms with Crippen LogP contribution in [0, 0.1) is 10.2 Å². The number of hydrogen-bond acceptors (Lipinski definition) is 4. The van der Waals surface area contributed by atoms with Crippen molar-refractivity contribution in [3.05, 3.63) is 115 Å². The molecule has 0 saturated carbocycles. The Hall–Kier alpha value is -3.58. The fraction of sp³-hybridized carbons (Fsp3) is 0. The van der Waals surface area contributed by atoms with Crippen molar-refractivity contribution in [1.82, 2.24) is 0 Å². The Kier molecular flexibility index (Phi) is 6.79. The van der Waals surface area contributed by atoms with E-state index < -0.39 is 10.2 Å². The molecule has 0 spiro atoms. The zero-order valence-corrected chi connectivity index (χ0v) is 18.3. The molecule has 0 aliphatic rings. The molecule has 0 aliphatic heterocycles. The van der Waals surface area contributed by atoms with E-state index in [1.54, 1.807) is 0 Å². The molecule has 166 valence electrons. The third-order valence-electron chi connectivity index (χ3n) is 5.01. The number of hydrogen-bond donors (Lipinski definition) is 3. The van der Waals surface area contributed by atoms with Crippen molar-refractivity contribution in [1.29, 1.82) is 0 Å². The maximum absolute atomic E-state index is 8.83. The van der Waals surface area contributed by atoms with Crippen LogP contribution in [0.4, 0.5) is 0 Å². The van der Waals surface area contributed by atoms with Crippen LogP contribution < -0.4 is 4.66 Å². The van der Waals surface area contributed by atoms with Gasteiger partial charge in [0.2, 0.25) is 0 Å². The predicted molar refractivity (Wildman–Crippen MR) is 124 cm³/mol. The smallest absolute Gasteiger partial charge is 0.205 e. The monoisotopic (exact) mass is 461 g/mol. The van der Waals surface area contributed by atoms with Gasteiger partial charge in [0, 0.05) is 5.39 Å². The van der Waals surface area contributed by atoms with Crippen molar-refractivity contribution in [3.8, 4) is 33.8 Å². The molecule has 0 bridgehead atoms. The molecule has 5 rings (SSSR count). The molecule has 1 aromatic heterocycles. The Bertz CT molecular complexity index is 1330. The first-order chi connectivity index (χ1) is 15.9. The van der Waals surface area contributed by atoms with Crippen LogP contribution >= 0.6 is 0 Å². The first-order valence-electron chi connectivity index (χ1n) is 10.1. The number of rotatable bonds is 3. The van der Waals surface area contributed by atoms with Gasteiger partial charge in [-0.1, -0.05) is 84.9 Å². The largest absolute Gasteiger partial charge is 0.369 e. The number of fused-ring (bicyclic) bond motifs is 1. The first kappa shape index (κ1) is 22.6. The van der Waals surface area contributed by atoms with E-state index in [-0.39, 0.29) is 0 Å². The molecular weight excluding hydrogens is 440 g/mol. The summed E-state index contributed by atoms with van der Waals surface area (Å²) >= 11 is 0. The second kappa shape index (κ2) is 9.92. The van der Waals surface area contributed by atoms with E-state index in [0.717, 1.165) is 39.2 Å².